The lowest BCUT2D eigenvalue weighted by Crippen LogP contribution is -2.51. The van der Waals surface area contributed by atoms with E-state index in [0.29, 0.717) is 12.5 Å². The molecule has 0 saturated carbocycles. The minimum atomic E-state index is 0.637. The molecule has 0 atom stereocenters. The Balaban J connectivity index is 1.49. The van der Waals surface area contributed by atoms with Crippen LogP contribution >= 0.6 is 11.3 Å². The van der Waals surface area contributed by atoms with Gasteiger partial charge in [0.1, 0.15) is 5.75 Å². The molecule has 2 aromatic rings. The van der Waals surface area contributed by atoms with Gasteiger partial charge in [0.2, 0.25) is 0 Å². The molecule has 7 heteroatoms. The fourth-order valence-electron chi connectivity index (χ4n) is 2.92. The lowest BCUT2D eigenvalue weighted by Gasteiger charge is -2.35. The number of methoxy groups -OCH3 is 1. The van der Waals surface area contributed by atoms with E-state index in [9.17, 15) is 0 Å². The third-order valence-corrected chi connectivity index (χ3v) is 5.27. The molecule has 2 heterocycles. The number of hydrogen-bond donors (Lipinski definition) is 1. The van der Waals surface area contributed by atoms with E-state index in [-0.39, 0.29) is 0 Å². The lowest BCUT2D eigenvalue weighted by atomic mass is 10.1. The summed E-state index contributed by atoms with van der Waals surface area (Å²) in [5, 5.41) is 3.10. The molecule has 0 spiro atoms. The summed E-state index contributed by atoms with van der Waals surface area (Å²) in [4.78, 5) is 13.4. The van der Waals surface area contributed by atoms with Gasteiger partial charge in [0.15, 0.2) is 11.1 Å². The number of nitrogens with two attached hydrogens (primary N) is 1. The molecule has 1 aliphatic rings. The number of ether oxygens (including phenoxy) is 1. The van der Waals surface area contributed by atoms with Crippen LogP contribution in [0.25, 0.3) is 0 Å². The van der Waals surface area contributed by atoms with Gasteiger partial charge in [0, 0.05) is 44.3 Å². The number of aliphatic imine (C=N–C) groups is 1. The van der Waals surface area contributed by atoms with Crippen molar-refractivity contribution in [2.24, 2.45) is 10.7 Å². The Morgan fingerprint density at radius 2 is 2.12 bits per heavy atom. The van der Waals surface area contributed by atoms with Gasteiger partial charge in [-0.1, -0.05) is 12.1 Å². The molecule has 1 aromatic carbocycles. The summed E-state index contributed by atoms with van der Waals surface area (Å²) in [7, 11) is 1.70. The molecule has 6 nitrogen and oxygen atoms in total. The third kappa shape index (κ3) is 4.42. The SMILES string of the molecule is COc1cc(CCN=C(N)N2CCN(c3nccs3)CC2)ccc1C. The second-order valence-electron chi connectivity index (χ2n) is 6.08. The van der Waals surface area contributed by atoms with Crippen LogP contribution in [-0.2, 0) is 6.42 Å². The highest BCUT2D eigenvalue weighted by Crippen LogP contribution is 2.20. The smallest absolute Gasteiger partial charge is 0.191 e. The fourth-order valence-corrected chi connectivity index (χ4v) is 3.62. The largest absolute Gasteiger partial charge is 0.496 e. The topological polar surface area (TPSA) is 67.0 Å². The van der Waals surface area contributed by atoms with Crippen molar-refractivity contribution in [3.63, 3.8) is 0 Å². The minimum absolute atomic E-state index is 0.637. The second kappa shape index (κ2) is 8.20. The highest BCUT2D eigenvalue weighted by molar-refractivity contribution is 7.13. The third-order valence-electron chi connectivity index (χ3n) is 4.44. The molecule has 0 unspecified atom stereocenters. The van der Waals surface area contributed by atoms with E-state index in [1.165, 1.54) is 5.56 Å². The molecular weight excluding hydrogens is 334 g/mol. The zero-order valence-electron chi connectivity index (χ0n) is 14.8. The van der Waals surface area contributed by atoms with Crippen LogP contribution in [0, 0.1) is 6.92 Å². The van der Waals surface area contributed by atoms with Crippen LogP contribution in [-0.4, -0.2) is 55.7 Å². The number of aryl methyl sites for hydroxylation is 1. The van der Waals surface area contributed by atoms with Crippen LogP contribution in [0.4, 0.5) is 5.13 Å². The highest BCUT2D eigenvalue weighted by atomic mass is 32.1. The van der Waals surface area contributed by atoms with Crippen molar-refractivity contribution in [2.75, 3.05) is 44.7 Å². The monoisotopic (exact) mass is 359 g/mol. The summed E-state index contributed by atoms with van der Waals surface area (Å²) < 4.78 is 5.37. The predicted molar refractivity (Wildman–Crippen MR) is 104 cm³/mol. The van der Waals surface area contributed by atoms with Gasteiger partial charge < -0.3 is 20.3 Å². The normalized spacial score (nSPS) is 15.5. The van der Waals surface area contributed by atoms with Gasteiger partial charge >= 0.3 is 0 Å². The van der Waals surface area contributed by atoms with Crippen molar-refractivity contribution < 1.29 is 4.74 Å². The lowest BCUT2D eigenvalue weighted by molar-refractivity contribution is 0.380. The average molecular weight is 359 g/mol. The van der Waals surface area contributed by atoms with Crippen molar-refractivity contribution in [1.29, 1.82) is 0 Å². The summed E-state index contributed by atoms with van der Waals surface area (Å²) in [6.07, 6.45) is 2.71. The number of anilines is 1. The maximum atomic E-state index is 6.18. The Morgan fingerprint density at radius 3 is 2.80 bits per heavy atom. The molecule has 25 heavy (non-hydrogen) atoms. The zero-order valence-corrected chi connectivity index (χ0v) is 15.6. The van der Waals surface area contributed by atoms with E-state index in [0.717, 1.165) is 49.0 Å². The molecule has 1 saturated heterocycles. The van der Waals surface area contributed by atoms with Crippen molar-refractivity contribution in [3.8, 4) is 5.75 Å². The molecule has 1 aromatic heterocycles. The van der Waals surface area contributed by atoms with E-state index < -0.39 is 0 Å². The van der Waals surface area contributed by atoms with Gasteiger partial charge in [-0.15, -0.1) is 11.3 Å². The summed E-state index contributed by atoms with van der Waals surface area (Å²) >= 11 is 1.68. The maximum Gasteiger partial charge on any atom is 0.191 e. The number of rotatable bonds is 5. The molecule has 0 radical (unpaired) electrons. The van der Waals surface area contributed by atoms with Crippen LogP contribution in [0.1, 0.15) is 11.1 Å². The fraction of sp³-hybridized carbons (Fsp3) is 0.444. The Hall–Kier alpha value is -2.28. The molecule has 1 aliphatic heterocycles. The molecule has 2 N–H and O–H groups in total. The average Bonchev–Trinajstić information content (AvgIpc) is 3.18. The number of hydrogen-bond acceptors (Lipinski definition) is 5. The number of nitrogens with zero attached hydrogens (tertiary/aromatic N) is 4. The first-order valence-electron chi connectivity index (χ1n) is 8.50. The van der Waals surface area contributed by atoms with Gasteiger partial charge in [0.25, 0.3) is 0 Å². The summed E-state index contributed by atoms with van der Waals surface area (Å²) in [5.74, 6) is 1.56. The predicted octanol–water partition coefficient (Wildman–Crippen LogP) is 2.14. The first kappa shape index (κ1) is 17.5. The van der Waals surface area contributed by atoms with Crippen molar-refractivity contribution in [3.05, 3.63) is 40.9 Å². The number of thiazole rings is 1. The van der Waals surface area contributed by atoms with Crippen LogP contribution < -0.4 is 15.4 Å². The first-order chi connectivity index (χ1) is 12.2. The first-order valence-corrected chi connectivity index (χ1v) is 9.38. The number of guanidine groups is 1. The molecule has 3 rings (SSSR count). The van der Waals surface area contributed by atoms with Crippen molar-refractivity contribution >= 4 is 22.4 Å². The quantitative estimate of drug-likeness (QED) is 0.654. The van der Waals surface area contributed by atoms with E-state index in [2.05, 4.69) is 38.0 Å². The molecule has 0 bridgehead atoms. The molecule has 134 valence electrons. The summed E-state index contributed by atoms with van der Waals surface area (Å²) in [5.41, 5.74) is 8.54. The Bertz CT molecular complexity index is 708. The second-order valence-corrected chi connectivity index (χ2v) is 6.96. The van der Waals surface area contributed by atoms with Crippen molar-refractivity contribution in [2.45, 2.75) is 13.3 Å². The zero-order chi connectivity index (χ0) is 17.6. The van der Waals surface area contributed by atoms with Gasteiger partial charge in [-0.3, -0.25) is 4.99 Å². The van der Waals surface area contributed by atoms with Gasteiger partial charge in [-0.25, -0.2) is 4.98 Å². The van der Waals surface area contributed by atoms with Crippen LogP contribution in [0.3, 0.4) is 0 Å². The summed E-state index contributed by atoms with van der Waals surface area (Å²) in [6.45, 7) is 6.35. The Labute approximate surface area is 152 Å². The van der Waals surface area contributed by atoms with Crippen LogP contribution in [0.15, 0.2) is 34.8 Å². The van der Waals surface area contributed by atoms with Gasteiger partial charge in [-0.2, -0.15) is 0 Å². The molecule has 1 fully saturated rings. The van der Waals surface area contributed by atoms with E-state index >= 15 is 0 Å². The number of aromatic nitrogens is 1. The van der Waals surface area contributed by atoms with Crippen LogP contribution in [0.5, 0.6) is 5.75 Å². The van der Waals surface area contributed by atoms with Gasteiger partial charge in [-0.05, 0) is 30.5 Å². The standard InChI is InChI=1S/C18H25N5OS/c1-14-3-4-15(13-16(14)24-2)5-6-20-17(19)22-8-10-23(11-9-22)18-21-7-12-25-18/h3-4,7,12-13H,5-6,8-11H2,1-2H3,(H2,19,20). The van der Waals surface area contributed by atoms with Crippen molar-refractivity contribution in [1.82, 2.24) is 9.88 Å². The summed E-state index contributed by atoms with van der Waals surface area (Å²) in [6, 6.07) is 6.28. The number of benzene rings is 1. The van der Waals surface area contributed by atoms with E-state index in [1.54, 1.807) is 18.4 Å². The minimum Gasteiger partial charge on any atom is -0.496 e. The highest BCUT2D eigenvalue weighted by Gasteiger charge is 2.19. The molecule has 0 amide bonds. The molecule has 0 aliphatic carbocycles. The van der Waals surface area contributed by atoms with Gasteiger partial charge in [0.05, 0.1) is 7.11 Å². The van der Waals surface area contributed by atoms with Crippen LogP contribution in [0.2, 0.25) is 0 Å². The van der Waals surface area contributed by atoms with E-state index in [1.807, 2.05) is 18.5 Å². The number of piperazine rings is 1. The Kier molecular flexibility index (Phi) is 5.75. The van der Waals surface area contributed by atoms with E-state index in [4.69, 9.17) is 10.5 Å². The molecular formula is C18H25N5OS. The maximum absolute atomic E-state index is 6.18. The Morgan fingerprint density at radius 1 is 1.32 bits per heavy atom.